The number of carbonyl (C=O) groups excluding carboxylic acids is 1. The number of piperidine rings is 1. The fourth-order valence-electron chi connectivity index (χ4n) is 2.10. The average molecular weight is 240 g/mol. The van der Waals surface area contributed by atoms with Crippen LogP contribution in [0.15, 0.2) is 0 Å². The molecular weight excluding hydrogens is 212 g/mol. The Morgan fingerprint density at radius 2 is 1.88 bits per heavy atom. The SMILES string of the molecule is CC(C)(C)CCC(=O)NCC1(C)CCNCC1. The van der Waals surface area contributed by atoms with Gasteiger partial charge in [-0.2, -0.15) is 0 Å². The predicted molar refractivity (Wildman–Crippen MR) is 71.9 cm³/mol. The van der Waals surface area contributed by atoms with Crippen molar-refractivity contribution < 1.29 is 4.79 Å². The Balaban J connectivity index is 2.23. The zero-order valence-corrected chi connectivity index (χ0v) is 11.9. The maximum absolute atomic E-state index is 11.7. The predicted octanol–water partition coefficient (Wildman–Crippen LogP) is 2.32. The first-order chi connectivity index (χ1) is 7.81. The topological polar surface area (TPSA) is 41.1 Å². The zero-order chi connectivity index (χ0) is 12.9. The lowest BCUT2D eigenvalue weighted by molar-refractivity contribution is -0.122. The van der Waals surface area contributed by atoms with Gasteiger partial charge in [-0.1, -0.05) is 27.7 Å². The second-order valence-electron chi connectivity index (χ2n) is 6.90. The molecule has 0 aromatic rings. The molecule has 1 saturated heterocycles. The van der Waals surface area contributed by atoms with Crippen molar-refractivity contribution in [2.45, 2.75) is 53.4 Å². The number of nitrogens with one attached hydrogen (secondary N) is 2. The van der Waals surface area contributed by atoms with Crippen molar-refractivity contribution >= 4 is 5.91 Å². The molecule has 0 spiro atoms. The highest BCUT2D eigenvalue weighted by Gasteiger charge is 2.27. The van der Waals surface area contributed by atoms with Gasteiger partial charge in [0.2, 0.25) is 5.91 Å². The summed E-state index contributed by atoms with van der Waals surface area (Å²) in [5.74, 6) is 0.208. The Kier molecular flexibility index (Phi) is 4.99. The monoisotopic (exact) mass is 240 g/mol. The Hall–Kier alpha value is -0.570. The average Bonchev–Trinajstić information content (AvgIpc) is 2.24. The molecule has 1 heterocycles. The molecule has 17 heavy (non-hydrogen) atoms. The first-order valence-corrected chi connectivity index (χ1v) is 6.78. The molecule has 0 atom stereocenters. The summed E-state index contributed by atoms with van der Waals surface area (Å²) in [7, 11) is 0. The summed E-state index contributed by atoms with van der Waals surface area (Å²) in [5.41, 5.74) is 0.540. The van der Waals surface area contributed by atoms with E-state index in [1.165, 1.54) is 0 Å². The molecule has 0 saturated carbocycles. The van der Waals surface area contributed by atoms with E-state index in [0.29, 0.717) is 11.8 Å². The van der Waals surface area contributed by atoms with E-state index in [9.17, 15) is 4.79 Å². The number of rotatable bonds is 4. The van der Waals surface area contributed by atoms with E-state index in [4.69, 9.17) is 0 Å². The Bertz CT molecular complexity index is 249. The van der Waals surface area contributed by atoms with Crippen molar-refractivity contribution in [3.8, 4) is 0 Å². The molecular formula is C14H28N2O. The molecule has 0 bridgehead atoms. The van der Waals surface area contributed by atoms with Gasteiger partial charge in [-0.3, -0.25) is 4.79 Å². The minimum absolute atomic E-state index is 0.208. The van der Waals surface area contributed by atoms with Gasteiger partial charge in [0.1, 0.15) is 0 Å². The molecule has 1 aliphatic rings. The summed E-state index contributed by atoms with van der Waals surface area (Å²) in [6.07, 6.45) is 3.92. The fraction of sp³-hybridized carbons (Fsp3) is 0.929. The van der Waals surface area contributed by atoms with Crippen LogP contribution in [0.1, 0.15) is 53.4 Å². The third kappa shape index (κ3) is 6.06. The summed E-state index contributed by atoms with van der Waals surface area (Å²) < 4.78 is 0. The Morgan fingerprint density at radius 1 is 1.29 bits per heavy atom. The summed E-state index contributed by atoms with van der Waals surface area (Å²) in [6.45, 7) is 11.8. The van der Waals surface area contributed by atoms with E-state index in [1.54, 1.807) is 0 Å². The van der Waals surface area contributed by atoms with Crippen molar-refractivity contribution in [1.29, 1.82) is 0 Å². The summed E-state index contributed by atoms with van der Waals surface area (Å²) in [4.78, 5) is 11.7. The molecule has 0 aliphatic carbocycles. The second-order valence-corrected chi connectivity index (χ2v) is 6.90. The molecule has 1 rings (SSSR count). The molecule has 0 radical (unpaired) electrons. The normalized spacial score (nSPS) is 20.0. The lowest BCUT2D eigenvalue weighted by Crippen LogP contribution is -2.43. The van der Waals surface area contributed by atoms with Gasteiger partial charge in [-0.25, -0.2) is 0 Å². The lowest BCUT2D eigenvalue weighted by atomic mass is 9.81. The first-order valence-electron chi connectivity index (χ1n) is 6.78. The van der Waals surface area contributed by atoms with Gasteiger partial charge in [0.25, 0.3) is 0 Å². The third-order valence-electron chi connectivity index (χ3n) is 3.63. The van der Waals surface area contributed by atoms with Crippen molar-refractivity contribution in [2.75, 3.05) is 19.6 Å². The zero-order valence-electron chi connectivity index (χ0n) is 11.9. The lowest BCUT2D eigenvalue weighted by Gasteiger charge is -2.34. The van der Waals surface area contributed by atoms with Crippen LogP contribution in [0.2, 0.25) is 0 Å². The van der Waals surface area contributed by atoms with Gasteiger partial charge in [-0.05, 0) is 43.2 Å². The number of carbonyl (C=O) groups is 1. The molecule has 1 fully saturated rings. The molecule has 0 aromatic carbocycles. The van der Waals surface area contributed by atoms with Crippen LogP contribution in [0.5, 0.6) is 0 Å². The van der Waals surface area contributed by atoms with Crippen molar-refractivity contribution in [1.82, 2.24) is 10.6 Å². The quantitative estimate of drug-likeness (QED) is 0.792. The maximum atomic E-state index is 11.7. The van der Waals surface area contributed by atoms with E-state index in [0.717, 1.165) is 38.9 Å². The Morgan fingerprint density at radius 3 is 2.41 bits per heavy atom. The summed E-state index contributed by atoms with van der Waals surface area (Å²) in [5, 5.41) is 6.46. The van der Waals surface area contributed by atoms with E-state index in [-0.39, 0.29) is 11.3 Å². The molecule has 0 unspecified atom stereocenters. The van der Waals surface area contributed by atoms with Crippen LogP contribution in [0.25, 0.3) is 0 Å². The van der Waals surface area contributed by atoms with Gasteiger partial charge in [0.15, 0.2) is 0 Å². The molecule has 1 aliphatic heterocycles. The highest BCUT2D eigenvalue weighted by Crippen LogP contribution is 2.27. The molecule has 3 heteroatoms. The maximum Gasteiger partial charge on any atom is 0.220 e. The molecule has 100 valence electrons. The highest BCUT2D eigenvalue weighted by atomic mass is 16.1. The van der Waals surface area contributed by atoms with Crippen molar-refractivity contribution in [3.63, 3.8) is 0 Å². The van der Waals surface area contributed by atoms with Gasteiger partial charge < -0.3 is 10.6 Å². The van der Waals surface area contributed by atoms with Crippen LogP contribution in [-0.4, -0.2) is 25.5 Å². The molecule has 0 aromatic heterocycles. The van der Waals surface area contributed by atoms with Crippen LogP contribution in [0.3, 0.4) is 0 Å². The van der Waals surface area contributed by atoms with Crippen LogP contribution in [0.4, 0.5) is 0 Å². The van der Waals surface area contributed by atoms with Gasteiger partial charge in [-0.15, -0.1) is 0 Å². The largest absolute Gasteiger partial charge is 0.356 e. The minimum atomic E-state index is 0.208. The van der Waals surface area contributed by atoms with Gasteiger partial charge in [0, 0.05) is 13.0 Å². The minimum Gasteiger partial charge on any atom is -0.356 e. The van der Waals surface area contributed by atoms with Crippen LogP contribution < -0.4 is 10.6 Å². The smallest absolute Gasteiger partial charge is 0.220 e. The van der Waals surface area contributed by atoms with Crippen LogP contribution >= 0.6 is 0 Å². The van der Waals surface area contributed by atoms with E-state index in [1.807, 2.05) is 0 Å². The van der Waals surface area contributed by atoms with E-state index < -0.39 is 0 Å². The summed E-state index contributed by atoms with van der Waals surface area (Å²) in [6, 6.07) is 0. The van der Waals surface area contributed by atoms with Crippen LogP contribution in [0, 0.1) is 10.8 Å². The fourth-order valence-corrected chi connectivity index (χ4v) is 2.10. The standard InChI is InChI=1S/C14H28N2O/c1-13(2,3)6-5-12(17)16-11-14(4)7-9-15-10-8-14/h15H,5-11H2,1-4H3,(H,16,17). The Labute approximate surface area is 106 Å². The van der Waals surface area contributed by atoms with Gasteiger partial charge in [0.05, 0.1) is 0 Å². The van der Waals surface area contributed by atoms with Crippen molar-refractivity contribution in [3.05, 3.63) is 0 Å². The first kappa shape index (κ1) is 14.5. The van der Waals surface area contributed by atoms with Crippen LogP contribution in [-0.2, 0) is 4.79 Å². The third-order valence-corrected chi connectivity index (χ3v) is 3.63. The van der Waals surface area contributed by atoms with E-state index in [2.05, 4.69) is 38.3 Å². The highest BCUT2D eigenvalue weighted by molar-refractivity contribution is 5.75. The molecule has 1 amide bonds. The number of hydrogen-bond donors (Lipinski definition) is 2. The second kappa shape index (κ2) is 5.85. The van der Waals surface area contributed by atoms with E-state index >= 15 is 0 Å². The summed E-state index contributed by atoms with van der Waals surface area (Å²) >= 11 is 0. The number of hydrogen-bond acceptors (Lipinski definition) is 2. The van der Waals surface area contributed by atoms with Gasteiger partial charge >= 0.3 is 0 Å². The molecule has 3 nitrogen and oxygen atoms in total. The number of amides is 1. The molecule has 2 N–H and O–H groups in total. The van der Waals surface area contributed by atoms with Crippen molar-refractivity contribution in [2.24, 2.45) is 10.8 Å².